The molecule has 1 amide bonds. The molecule has 30 heavy (non-hydrogen) atoms. The van der Waals surface area contributed by atoms with E-state index < -0.39 is 17.6 Å². The normalized spacial score (nSPS) is 11.7. The summed E-state index contributed by atoms with van der Waals surface area (Å²) in [4.78, 5) is 24.5. The summed E-state index contributed by atoms with van der Waals surface area (Å²) in [6, 6.07) is 3.01. The molecule has 3 aromatic heterocycles. The first-order chi connectivity index (χ1) is 14.3. The number of rotatable bonds is 5. The Morgan fingerprint density at radius 2 is 2.03 bits per heavy atom. The number of amides is 1. The highest BCUT2D eigenvalue weighted by atomic mass is 32.2. The third-order valence-electron chi connectivity index (χ3n) is 4.10. The molecule has 0 aliphatic rings. The van der Waals surface area contributed by atoms with Crippen molar-refractivity contribution >= 4 is 34.4 Å². The van der Waals surface area contributed by atoms with Gasteiger partial charge in [-0.1, -0.05) is 11.8 Å². The molecule has 1 aromatic carbocycles. The van der Waals surface area contributed by atoms with Crippen molar-refractivity contribution in [1.82, 2.24) is 34.5 Å². The number of carbonyl (C=O) groups is 1. The summed E-state index contributed by atoms with van der Waals surface area (Å²) in [7, 11) is 1.73. The van der Waals surface area contributed by atoms with Crippen LogP contribution < -0.4 is 5.32 Å². The van der Waals surface area contributed by atoms with Gasteiger partial charge < -0.3 is 5.32 Å². The molecule has 0 unspecified atom stereocenters. The molecule has 9 nitrogen and oxygen atoms in total. The lowest BCUT2D eigenvalue weighted by molar-refractivity contribution is -0.137. The van der Waals surface area contributed by atoms with Crippen LogP contribution in [-0.4, -0.2) is 46.2 Å². The van der Waals surface area contributed by atoms with Crippen LogP contribution in [0.25, 0.3) is 16.7 Å². The molecule has 13 heteroatoms. The quantitative estimate of drug-likeness (QED) is 0.380. The summed E-state index contributed by atoms with van der Waals surface area (Å²) < 4.78 is 42.2. The number of benzene rings is 1. The highest BCUT2D eigenvalue weighted by Crippen LogP contribution is 2.33. The summed E-state index contributed by atoms with van der Waals surface area (Å²) in [5.74, 6) is -0.579. The van der Waals surface area contributed by atoms with Crippen LogP contribution in [-0.2, 0) is 18.0 Å². The second-order valence-corrected chi connectivity index (χ2v) is 7.05. The smallest absolute Gasteiger partial charge is 0.323 e. The van der Waals surface area contributed by atoms with Crippen molar-refractivity contribution in [2.75, 3.05) is 11.1 Å². The zero-order valence-corrected chi connectivity index (χ0v) is 16.1. The highest BCUT2D eigenvalue weighted by Gasteiger charge is 2.31. The van der Waals surface area contributed by atoms with Gasteiger partial charge in [0.2, 0.25) is 5.91 Å². The first-order valence-corrected chi connectivity index (χ1v) is 9.43. The second-order valence-electron chi connectivity index (χ2n) is 6.09. The monoisotopic (exact) mass is 434 g/mol. The van der Waals surface area contributed by atoms with E-state index in [1.54, 1.807) is 17.9 Å². The van der Waals surface area contributed by atoms with E-state index in [1.165, 1.54) is 29.7 Å². The van der Waals surface area contributed by atoms with Crippen molar-refractivity contribution in [3.8, 4) is 5.69 Å². The van der Waals surface area contributed by atoms with Gasteiger partial charge in [0.15, 0.2) is 5.65 Å². The number of thioether (sulfide) groups is 1. The predicted octanol–water partition coefficient (Wildman–Crippen LogP) is 2.69. The second kappa shape index (κ2) is 7.74. The minimum Gasteiger partial charge on any atom is -0.323 e. The van der Waals surface area contributed by atoms with E-state index >= 15 is 0 Å². The lowest BCUT2D eigenvalue weighted by Crippen LogP contribution is -2.17. The molecule has 154 valence electrons. The summed E-state index contributed by atoms with van der Waals surface area (Å²) in [6.45, 7) is 0. The minimum atomic E-state index is -4.55. The number of aryl methyl sites for hydroxylation is 1. The molecule has 0 radical (unpaired) electrons. The number of halogens is 3. The maximum absolute atomic E-state index is 13.1. The summed E-state index contributed by atoms with van der Waals surface area (Å²) in [5.41, 5.74) is -0.0490. The SMILES string of the molecule is Cn1ncc2c(SCC(=O)Nc3cc(C(F)(F)F)ccc3-n3cncn3)ncnc21. The molecule has 4 aromatic rings. The average molecular weight is 434 g/mol. The van der Waals surface area contributed by atoms with Gasteiger partial charge in [0.25, 0.3) is 0 Å². The third kappa shape index (κ3) is 3.96. The molecule has 4 rings (SSSR count). The number of carbonyl (C=O) groups excluding carboxylic acids is 1. The van der Waals surface area contributed by atoms with Crippen LogP contribution in [0.1, 0.15) is 5.56 Å². The molecule has 0 saturated carbocycles. The largest absolute Gasteiger partial charge is 0.416 e. The van der Waals surface area contributed by atoms with Crippen molar-refractivity contribution in [2.24, 2.45) is 7.05 Å². The van der Waals surface area contributed by atoms with E-state index in [9.17, 15) is 18.0 Å². The third-order valence-corrected chi connectivity index (χ3v) is 5.10. The van der Waals surface area contributed by atoms with Crippen LogP contribution in [0.15, 0.2) is 48.4 Å². The van der Waals surface area contributed by atoms with Gasteiger partial charge >= 0.3 is 6.18 Å². The van der Waals surface area contributed by atoms with Crippen LogP contribution >= 0.6 is 11.8 Å². The molecule has 1 N–H and O–H groups in total. The topological polar surface area (TPSA) is 103 Å². The molecule has 0 saturated heterocycles. The number of nitrogens with zero attached hydrogens (tertiary/aromatic N) is 7. The number of alkyl halides is 3. The van der Waals surface area contributed by atoms with E-state index in [4.69, 9.17) is 0 Å². The van der Waals surface area contributed by atoms with Crippen LogP contribution in [0, 0.1) is 0 Å². The van der Waals surface area contributed by atoms with Gasteiger partial charge in [-0.05, 0) is 18.2 Å². The van der Waals surface area contributed by atoms with Crippen molar-refractivity contribution in [2.45, 2.75) is 11.2 Å². The summed E-state index contributed by atoms with van der Waals surface area (Å²) in [6.07, 6.45) is 0.966. The Morgan fingerprint density at radius 3 is 2.77 bits per heavy atom. The number of hydrogen-bond acceptors (Lipinski definition) is 7. The zero-order valence-electron chi connectivity index (χ0n) is 15.3. The molecule has 0 fully saturated rings. The molecule has 3 heterocycles. The fraction of sp³-hybridized carbons (Fsp3) is 0.176. The first kappa shape index (κ1) is 19.8. The lowest BCUT2D eigenvalue weighted by atomic mass is 10.1. The Labute approximate surface area is 171 Å². The predicted molar refractivity (Wildman–Crippen MR) is 102 cm³/mol. The Kier molecular flexibility index (Phi) is 5.11. The van der Waals surface area contributed by atoms with E-state index in [0.29, 0.717) is 16.1 Å². The van der Waals surface area contributed by atoms with E-state index in [-0.39, 0.29) is 17.1 Å². The van der Waals surface area contributed by atoms with Crippen molar-refractivity contribution in [3.05, 3.63) is 48.9 Å². The van der Waals surface area contributed by atoms with Gasteiger partial charge in [0.05, 0.1) is 34.3 Å². The maximum atomic E-state index is 13.1. The fourth-order valence-corrected chi connectivity index (χ4v) is 3.48. The Morgan fingerprint density at radius 1 is 1.20 bits per heavy atom. The Hall–Kier alpha value is -3.48. The first-order valence-electron chi connectivity index (χ1n) is 8.44. The molecule has 0 atom stereocenters. The Balaban J connectivity index is 1.56. The van der Waals surface area contributed by atoms with Crippen LogP contribution in [0.3, 0.4) is 0 Å². The number of anilines is 1. The van der Waals surface area contributed by atoms with Crippen molar-refractivity contribution < 1.29 is 18.0 Å². The summed E-state index contributed by atoms with van der Waals surface area (Å²) in [5, 5.41) is 11.8. The van der Waals surface area contributed by atoms with Gasteiger partial charge in [-0.15, -0.1) is 0 Å². The van der Waals surface area contributed by atoms with Crippen LogP contribution in [0.4, 0.5) is 18.9 Å². The van der Waals surface area contributed by atoms with Crippen LogP contribution in [0.5, 0.6) is 0 Å². The number of aromatic nitrogens is 7. The highest BCUT2D eigenvalue weighted by molar-refractivity contribution is 8.00. The van der Waals surface area contributed by atoms with Gasteiger partial charge in [-0.2, -0.15) is 23.4 Å². The fourth-order valence-electron chi connectivity index (χ4n) is 2.72. The number of fused-ring (bicyclic) bond motifs is 1. The molecular formula is C17H13F3N8OS. The molecule has 0 bridgehead atoms. The molecule has 0 spiro atoms. The van der Waals surface area contributed by atoms with Crippen molar-refractivity contribution in [3.63, 3.8) is 0 Å². The number of nitrogens with one attached hydrogen (secondary N) is 1. The van der Waals surface area contributed by atoms with Crippen molar-refractivity contribution in [1.29, 1.82) is 0 Å². The van der Waals surface area contributed by atoms with Gasteiger partial charge in [-0.3, -0.25) is 9.48 Å². The number of hydrogen-bond donors (Lipinski definition) is 1. The van der Waals surface area contributed by atoms with Gasteiger partial charge in [0.1, 0.15) is 24.0 Å². The minimum absolute atomic E-state index is 0.0323. The van der Waals surface area contributed by atoms with E-state index in [2.05, 4.69) is 30.5 Å². The molecule has 0 aliphatic carbocycles. The Bertz CT molecular complexity index is 1210. The van der Waals surface area contributed by atoms with Gasteiger partial charge in [0, 0.05) is 7.05 Å². The van der Waals surface area contributed by atoms with Crippen LogP contribution in [0.2, 0.25) is 0 Å². The molecule has 0 aliphatic heterocycles. The van der Waals surface area contributed by atoms with E-state index in [0.717, 1.165) is 23.9 Å². The lowest BCUT2D eigenvalue weighted by Gasteiger charge is -2.14. The average Bonchev–Trinajstić information content (AvgIpc) is 3.36. The summed E-state index contributed by atoms with van der Waals surface area (Å²) >= 11 is 1.13. The molecular weight excluding hydrogens is 421 g/mol. The van der Waals surface area contributed by atoms with E-state index in [1.807, 2.05) is 0 Å². The van der Waals surface area contributed by atoms with Gasteiger partial charge in [-0.25, -0.2) is 19.6 Å². The standard InChI is InChI=1S/C17H13F3N8OS/c1-27-15-11(5-24-27)16(23-8-22-15)30-6-14(29)26-12-4-10(17(18,19)20)2-3-13(12)28-9-21-7-25-28/h2-5,7-9H,6H2,1H3,(H,26,29). The zero-order chi connectivity index (χ0) is 21.3. The maximum Gasteiger partial charge on any atom is 0.416 e.